The number of fused-ring (bicyclic) bond motifs is 1. The fraction of sp³-hybridized carbons (Fsp3) is 0.222. The van der Waals surface area contributed by atoms with Crippen molar-refractivity contribution in [3.63, 3.8) is 0 Å². The Morgan fingerprint density at radius 3 is 2.88 bits per heavy atom. The maximum absolute atomic E-state index is 10.8. The molecule has 0 saturated carbocycles. The average Bonchev–Trinajstić information content (AvgIpc) is 2.53. The molecule has 6 nitrogen and oxygen atoms in total. The van der Waals surface area contributed by atoms with Gasteiger partial charge in [-0.15, -0.1) is 0 Å². The molecule has 0 fully saturated rings. The van der Waals surface area contributed by atoms with Crippen molar-refractivity contribution < 1.29 is 9.66 Å². The minimum absolute atomic E-state index is 0.112. The van der Waals surface area contributed by atoms with E-state index in [4.69, 9.17) is 4.74 Å². The van der Waals surface area contributed by atoms with Gasteiger partial charge in [0.15, 0.2) is 0 Å². The van der Waals surface area contributed by atoms with Crippen LogP contribution in [0.5, 0.6) is 5.75 Å². The summed E-state index contributed by atoms with van der Waals surface area (Å²) in [7, 11) is 3.26. The second kappa shape index (κ2) is 3.89. The zero-order valence-electron chi connectivity index (χ0n) is 8.60. The number of pyridine rings is 1. The van der Waals surface area contributed by atoms with Crippen molar-refractivity contribution >= 4 is 39.3 Å². The number of aryl methyl sites for hydroxylation is 1. The van der Waals surface area contributed by atoms with Gasteiger partial charge in [0.25, 0.3) is 0 Å². The Kier molecular flexibility index (Phi) is 2.70. The molecular formula is C9H8IN3O3. The highest BCUT2D eigenvalue weighted by Crippen LogP contribution is 2.36. The molecule has 0 radical (unpaired) electrons. The van der Waals surface area contributed by atoms with Crippen LogP contribution in [-0.2, 0) is 7.05 Å². The summed E-state index contributed by atoms with van der Waals surface area (Å²) < 4.78 is 7.80. The van der Waals surface area contributed by atoms with Gasteiger partial charge in [-0.1, -0.05) is 0 Å². The lowest BCUT2D eigenvalue weighted by Crippen LogP contribution is -1.97. The lowest BCUT2D eigenvalue weighted by Gasteiger charge is -2.03. The molecule has 84 valence electrons. The van der Waals surface area contributed by atoms with Crippen molar-refractivity contribution in [3.05, 3.63) is 26.1 Å². The first-order chi connectivity index (χ1) is 7.56. The van der Waals surface area contributed by atoms with Crippen LogP contribution in [0.2, 0.25) is 0 Å². The molecule has 2 aromatic heterocycles. The van der Waals surface area contributed by atoms with E-state index in [0.29, 0.717) is 11.0 Å². The fourth-order valence-electron chi connectivity index (χ4n) is 1.59. The van der Waals surface area contributed by atoms with Crippen molar-refractivity contribution in [1.29, 1.82) is 0 Å². The normalized spacial score (nSPS) is 10.7. The van der Waals surface area contributed by atoms with Crippen molar-refractivity contribution in [1.82, 2.24) is 9.55 Å². The molecule has 0 aliphatic rings. The Balaban J connectivity index is 2.90. The van der Waals surface area contributed by atoms with E-state index in [1.165, 1.54) is 13.3 Å². The van der Waals surface area contributed by atoms with Crippen LogP contribution in [0.1, 0.15) is 0 Å². The SMILES string of the molecule is COc1c([N+](=O)[O-])cnc2c1c(I)cn2C. The van der Waals surface area contributed by atoms with Gasteiger partial charge in [0.05, 0.1) is 17.4 Å². The molecule has 7 heteroatoms. The monoisotopic (exact) mass is 333 g/mol. The second-order valence-electron chi connectivity index (χ2n) is 3.22. The molecule has 0 bridgehead atoms. The van der Waals surface area contributed by atoms with Gasteiger partial charge in [0.2, 0.25) is 5.75 Å². The van der Waals surface area contributed by atoms with Gasteiger partial charge in [-0.25, -0.2) is 4.98 Å². The van der Waals surface area contributed by atoms with Gasteiger partial charge in [-0.05, 0) is 22.6 Å². The number of aromatic nitrogens is 2. The molecule has 0 amide bonds. The van der Waals surface area contributed by atoms with Gasteiger partial charge in [0, 0.05) is 16.8 Å². The zero-order chi connectivity index (χ0) is 11.9. The van der Waals surface area contributed by atoms with Gasteiger partial charge in [-0.2, -0.15) is 0 Å². The highest BCUT2D eigenvalue weighted by Gasteiger charge is 2.22. The second-order valence-corrected chi connectivity index (χ2v) is 4.38. The lowest BCUT2D eigenvalue weighted by atomic mass is 10.3. The Morgan fingerprint density at radius 1 is 1.62 bits per heavy atom. The number of hydrogen-bond donors (Lipinski definition) is 0. The molecule has 0 aliphatic carbocycles. The summed E-state index contributed by atoms with van der Waals surface area (Å²) in [6.45, 7) is 0. The molecular weight excluding hydrogens is 325 g/mol. The topological polar surface area (TPSA) is 70.2 Å². The largest absolute Gasteiger partial charge is 0.490 e. The van der Waals surface area contributed by atoms with Crippen molar-refractivity contribution in [2.45, 2.75) is 0 Å². The van der Waals surface area contributed by atoms with Crippen LogP contribution in [0.25, 0.3) is 11.0 Å². The summed E-state index contributed by atoms with van der Waals surface area (Å²) in [6.07, 6.45) is 3.07. The fourth-order valence-corrected chi connectivity index (χ4v) is 2.49. The quantitative estimate of drug-likeness (QED) is 0.479. The number of nitro groups is 1. The average molecular weight is 333 g/mol. The molecule has 0 aromatic carbocycles. The molecule has 2 rings (SSSR count). The third-order valence-corrected chi connectivity index (χ3v) is 3.09. The third-order valence-electron chi connectivity index (χ3n) is 2.27. The lowest BCUT2D eigenvalue weighted by molar-refractivity contribution is -0.385. The molecule has 16 heavy (non-hydrogen) atoms. The number of rotatable bonds is 2. The summed E-state index contributed by atoms with van der Waals surface area (Å²) >= 11 is 2.10. The Morgan fingerprint density at radius 2 is 2.31 bits per heavy atom. The van der Waals surface area contributed by atoms with Gasteiger partial charge in [-0.3, -0.25) is 10.1 Å². The van der Waals surface area contributed by atoms with Gasteiger partial charge in [0.1, 0.15) is 11.8 Å². The van der Waals surface area contributed by atoms with Crippen LogP contribution >= 0.6 is 22.6 Å². The maximum Gasteiger partial charge on any atom is 0.329 e. The summed E-state index contributed by atoms with van der Waals surface area (Å²) in [4.78, 5) is 14.4. The number of ether oxygens (including phenoxy) is 1. The van der Waals surface area contributed by atoms with Crippen LogP contribution in [-0.4, -0.2) is 21.6 Å². The molecule has 0 atom stereocenters. The van der Waals surface area contributed by atoms with Crippen molar-refractivity contribution in [2.24, 2.45) is 7.05 Å². The molecule has 0 N–H and O–H groups in total. The predicted molar refractivity (Wildman–Crippen MR) is 66.6 cm³/mol. The minimum Gasteiger partial charge on any atom is -0.490 e. The van der Waals surface area contributed by atoms with Crippen molar-refractivity contribution in [2.75, 3.05) is 7.11 Å². The highest BCUT2D eigenvalue weighted by atomic mass is 127. The molecule has 0 spiro atoms. The first-order valence-corrected chi connectivity index (χ1v) is 5.46. The maximum atomic E-state index is 10.8. The number of hydrogen-bond acceptors (Lipinski definition) is 4. The first-order valence-electron chi connectivity index (χ1n) is 4.38. The summed E-state index contributed by atoms with van der Waals surface area (Å²) in [5.74, 6) is 0.264. The standard InChI is InChI=1S/C9H8IN3O3/c1-12-4-5(10)7-8(16-2)6(13(14)15)3-11-9(7)12/h3-4H,1-2H3. The number of nitrogens with zero attached hydrogens (tertiary/aromatic N) is 3. The van der Waals surface area contributed by atoms with E-state index in [1.807, 2.05) is 17.8 Å². The summed E-state index contributed by atoms with van der Waals surface area (Å²) in [6, 6.07) is 0. The van der Waals surface area contributed by atoms with Crippen molar-refractivity contribution in [3.8, 4) is 5.75 Å². The molecule has 2 heterocycles. The predicted octanol–water partition coefficient (Wildman–Crippen LogP) is 2.09. The Bertz CT molecular complexity index is 579. The Hall–Kier alpha value is -1.38. The van der Waals surface area contributed by atoms with E-state index >= 15 is 0 Å². The number of methoxy groups -OCH3 is 1. The van der Waals surface area contributed by atoms with E-state index in [1.54, 1.807) is 0 Å². The third kappa shape index (κ3) is 1.51. The van der Waals surface area contributed by atoms with Gasteiger partial charge < -0.3 is 9.30 Å². The Labute approximate surface area is 105 Å². The van der Waals surface area contributed by atoms with E-state index in [-0.39, 0.29) is 11.4 Å². The van der Waals surface area contributed by atoms with Crippen LogP contribution < -0.4 is 4.74 Å². The van der Waals surface area contributed by atoms with Crippen LogP contribution in [0.4, 0.5) is 5.69 Å². The summed E-state index contributed by atoms with van der Waals surface area (Å²) in [5, 5.41) is 11.5. The molecule has 0 unspecified atom stereocenters. The van der Waals surface area contributed by atoms with E-state index in [2.05, 4.69) is 27.6 Å². The van der Waals surface area contributed by atoms with Crippen LogP contribution in [0.3, 0.4) is 0 Å². The van der Waals surface area contributed by atoms with E-state index in [0.717, 1.165) is 3.57 Å². The van der Waals surface area contributed by atoms with Gasteiger partial charge >= 0.3 is 5.69 Å². The highest BCUT2D eigenvalue weighted by molar-refractivity contribution is 14.1. The van der Waals surface area contributed by atoms with Crippen LogP contribution in [0.15, 0.2) is 12.4 Å². The smallest absolute Gasteiger partial charge is 0.329 e. The zero-order valence-corrected chi connectivity index (χ0v) is 10.8. The minimum atomic E-state index is -0.492. The molecule has 0 saturated heterocycles. The van der Waals surface area contributed by atoms with Crippen LogP contribution in [0, 0.1) is 13.7 Å². The van der Waals surface area contributed by atoms with E-state index in [9.17, 15) is 10.1 Å². The molecule has 0 aliphatic heterocycles. The first kappa shape index (κ1) is 11.1. The summed E-state index contributed by atoms with van der Waals surface area (Å²) in [5.41, 5.74) is 0.561. The number of halogens is 1. The van der Waals surface area contributed by atoms with E-state index < -0.39 is 4.92 Å². The molecule has 2 aromatic rings.